The molecule has 0 spiro atoms. The minimum atomic E-state index is -0.882. The summed E-state index contributed by atoms with van der Waals surface area (Å²) in [6, 6.07) is 15.3. The van der Waals surface area contributed by atoms with Crippen LogP contribution >= 0.6 is 11.9 Å². The highest BCUT2D eigenvalue weighted by atomic mass is 32.2. The summed E-state index contributed by atoms with van der Waals surface area (Å²) < 4.78 is 8.62. The Hall–Kier alpha value is -2.02. The lowest BCUT2D eigenvalue weighted by molar-refractivity contribution is 0.0693. The van der Waals surface area contributed by atoms with Crippen LogP contribution in [0, 0.1) is 0 Å². The topological polar surface area (TPSA) is 70.6 Å². The maximum absolute atomic E-state index is 11.0. The Kier molecular flexibility index (Phi) is 10.5. The number of unbranched alkanes of at least 4 members (excludes halogenated alkanes) is 1. The van der Waals surface area contributed by atoms with Gasteiger partial charge in [0.1, 0.15) is 5.75 Å². The fraction of sp³-hybridized carbons (Fsp3) is 0.409. The largest absolute Gasteiger partial charge is 0.493 e. The summed E-state index contributed by atoms with van der Waals surface area (Å²) in [6.45, 7) is 5.90. The van der Waals surface area contributed by atoms with Crippen LogP contribution in [0.15, 0.2) is 53.4 Å². The van der Waals surface area contributed by atoms with Gasteiger partial charge in [0.05, 0.1) is 12.2 Å². The van der Waals surface area contributed by atoms with E-state index in [1.807, 2.05) is 24.3 Å². The second-order valence-electron chi connectivity index (χ2n) is 6.42. The number of para-hydroxylation sites is 1. The van der Waals surface area contributed by atoms with Crippen LogP contribution in [0.1, 0.15) is 42.1 Å². The lowest BCUT2D eigenvalue weighted by atomic mass is 10.1. The van der Waals surface area contributed by atoms with Crippen molar-refractivity contribution < 1.29 is 14.6 Å². The number of carboxylic acids is 1. The van der Waals surface area contributed by atoms with Crippen molar-refractivity contribution in [3.63, 3.8) is 0 Å². The Morgan fingerprint density at radius 1 is 1.11 bits per heavy atom. The minimum absolute atomic E-state index is 0.350. The van der Waals surface area contributed by atoms with Crippen LogP contribution in [0.2, 0.25) is 0 Å². The molecule has 2 aromatic rings. The molecule has 28 heavy (non-hydrogen) atoms. The molecule has 2 aromatic carbocycles. The van der Waals surface area contributed by atoms with Gasteiger partial charge < -0.3 is 15.2 Å². The molecule has 0 saturated heterocycles. The van der Waals surface area contributed by atoms with Crippen molar-refractivity contribution in [2.75, 3.05) is 26.2 Å². The van der Waals surface area contributed by atoms with Gasteiger partial charge in [-0.1, -0.05) is 37.3 Å². The lowest BCUT2D eigenvalue weighted by Gasteiger charge is -2.15. The summed E-state index contributed by atoms with van der Waals surface area (Å²) >= 11 is 1.39. The zero-order valence-electron chi connectivity index (χ0n) is 16.4. The highest BCUT2D eigenvalue weighted by Crippen LogP contribution is 2.23. The van der Waals surface area contributed by atoms with E-state index in [1.165, 1.54) is 23.9 Å². The van der Waals surface area contributed by atoms with E-state index in [0.29, 0.717) is 5.56 Å². The third kappa shape index (κ3) is 7.92. The first-order valence-electron chi connectivity index (χ1n) is 9.85. The lowest BCUT2D eigenvalue weighted by Crippen LogP contribution is -2.15. The van der Waals surface area contributed by atoms with Gasteiger partial charge in [-0.05, 0) is 74.5 Å². The summed E-state index contributed by atoms with van der Waals surface area (Å²) in [4.78, 5) is 11.7. The van der Waals surface area contributed by atoms with E-state index in [9.17, 15) is 4.79 Å². The molecule has 0 saturated carbocycles. The third-order valence-corrected chi connectivity index (χ3v) is 5.18. The summed E-state index contributed by atoms with van der Waals surface area (Å²) in [5.41, 5.74) is 1.70. The number of aromatic carboxylic acids is 1. The van der Waals surface area contributed by atoms with Crippen molar-refractivity contribution in [2.24, 2.45) is 0 Å². The van der Waals surface area contributed by atoms with Gasteiger partial charge in [0.25, 0.3) is 0 Å². The van der Waals surface area contributed by atoms with Gasteiger partial charge in [-0.2, -0.15) is 0 Å². The molecule has 0 aliphatic carbocycles. The zero-order valence-corrected chi connectivity index (χ0v) is 17.3. The number of rotatable bonds is 9. The normalized spacial score (nSPS) is 12.3. The van der Waals surface area contributed by atoms with Crippen molar-refractivity contribution in [1.82, 2.24) is 10.0 Å². The predicted molar refractivity (Wildman–Crippen MR) is 115 cm³/mol. The fourth-order valence-corrected chi connectivity index (χ4v) is 3.59. The van der Waals surface area contributed by atoms with Crippen molar-refractivity contribution in [3.8, 4) is 5.75 Å². The predicted octanol–water partition coefficient (Wildman–Crippen LogP) is 4.38. The molecular weight excluding hydrogens is 372 g/mol. The Balaban J connectivity index is 0.000000233. The van der Waals surface area contributed by atoms with Gasteiger partial charge in [0.2, 0.25) is 0 Å². The Bertz CT molecular complexity index is 699. The number of aryl methyl sites for hydroxylation is 1. The van der Waals surface area contributed by atoms with E-state index in [2.05, 4.69) is 29.1 Å². The quantitative estimate of drug-likeness (QED) is 0.427. The highest BCUT2D eigenvalue weighted by Gasteiger charge is 2.09. The molecule has 0 fully saturated rings. The van der Waals surface area contributed by atoms with Crippen LogP contribution in [0.3, 0.4) is 0 Å². The van der Waals surface area contributed by atoms with Crippen LogP contribution in [-0.2, 0) is 6.42 Å². The molecule has 152 valence electrons. The number of carbonyl (C=O) groups is 1. The number of nitrogens with one attached hydrogen (secondary N) is 2. The first kappa shape index (κ1) is 22.3. The molecule has 6 heteroatoms. The smallest absolute Gasteiger partial charge is 0.336 e. The number of hydrogen-bond donors (Lipinski definition) is 3. The molecule has 0 atom stereocenters. The molecule has 5 nitrogen and oxygen atoms in total. The van der Waals surface area contributed by atoms with Gasteiger partial charge in [0.15, 0.2) is 0 Å². The molecular formula is C22H30N2O3S. The molecule has 1 aliphatic heterocycles. The number of fused-ring (bicyclic) bond motifs is 1. The van der Waals surface area contributed by atoms with Crippen LogP contribution in [0.5, 0.6) is 5.75 Å². The van der Waals surface area contributed by atoms with E-state index in [4.69, 9.17) is 9.84 Å². The standard InChI is InChI=1S/C13H20N2O2S.C9H10O/c1-2-14-9-5-6-10-15-18-12-8-4-3-7-11(12)13(16)17;1-2-6-9-8(4-1)5-3-7-10-9/h3-4,7-8,14-15H,2,5-6,9-10H2,1H3,(H,16,17);1-2,4,6H,3,5,7H2. The molecule has 1 aliphatic rings. The highest BCUT2D eigenvalue weighted by molar-refractivity contribution is 7.97. The van der Waals surface area contributed by atoms with Gasteiger partial charge in [-0.25, -0.2) is 4.79 Å². The Morgan fingerprint density at radius 2 is 1.86 bits per heavy atom. The molecule has 3 rings (SSSR count). The van der Waals surface area contributed by atoms with Gasteiger partial charge in [-0.15, -0.1) is 0 Å². The second kappa shape index (κ2) is 13.2. The summed E-state index contributed by atoms with van der Waals surface area (Å²) in [5, 5.41) is 12.3. The monoisotopic (exact) mass is 402 g/mol. The first-order valence-corrected chi connectivity index (χ1v) is 10.7. The van der Waals surface area contributed by atoms with Crippen molar-refractivity contribution in [3.05, 3.63) is 59.7 Å². The summed E-state index contributed by atoms with van der Waals surface area (Å²) in [6.07, 6.45) is 4.55. The first-order chi connectivity index (χ1) is 13.7. The molecule has 1 heterocycles. The number of benzene rings is 2. The van der Waals surface area contributed by atoms with Crippen LogP contribution < -0.4 is 14.8 Å². The van der Waals surface area contributed by atoms with Gasteiger partial charge >= 0.3 is 5.97 Å². The maximum atomic E-state index is 11.0. The summed E-state index contributed by atoms with van der Waals surface area (Å²) in [7, 11) is 0. The maximum Gasteiger partial charge on any atom is 0.336 e. The van der Waals surface area contributed by atoms with Crippen molar-refractivity contribution in [1.29, 1.82) is 0 Å². The minimum Gasteiger partial charge on any atom is -0.493 e. The summed E-state index contributed by atoms with van der Waals surface area (Å²) in [5.74, 6) is 0.195. The van der Waals surface area contributed by atoms with E-state index >= 15 is 0 Å². The number of ether oxygens (including phenoxy) is 1. The molecule has 3 N–H and O–H groups in total. The second-order valence-corrected chi connectivity index (χ2v) is 7.35. The molecule has 0 unspecified atom stereocenters. The molecule has 0 amide bonds. The Morgan fingerprint density at radius 3 is 2.64 bits per heavy atom. The van der Waals surface area contributed by atoms with E-state index in [0.717, 1.165) is 56.1 Å². The van der Waals surface area contributed by atoms with E-state index in [1.54, 1.807) is 12.1 Å². The fourth-order valence-electron chi connectivity index (χ4n) is 2.78. The van der Waals surface area contributed by atoms with Crippen molar-refractivity contribution in [2.45, 2.75) is 37.5 Å². The molecule has 0 aromatic heterocycles. The average molecular weight is 403 g/mol. The number of hydrogen-bond acceptors (Lipinski definition) is 5. The van der Waals surface area contributed by atoms with Gasteiger partial charge in [-0.3, -0.25) is 4.72 Å². The zero-order chi connectivity index (χ0) is 20.0. The average Bonchev–Trinajstić information content (AvgIpc) is 2.74. The molecule has 0 radical (unpaired) electrons. The van der Waals surface area contributed by atoms with E-state index < -0.39 is 5.97 Å². The SMILES string of the molecule is CCNCCCCNSc1ccccc1C(=O)O.c1ccc2c(c1)CCCO2. The number of carboxylic acid groups (broad SMARTS) is 1. The van der Waals surface area contributed by atoms with Crippen LogP contribution in [-0.4, -0.2) is 37.3 Å². The Labute approximate surface area is 172 Å². The van der Waals surface area contributed by atoms with Crippen LogP contribution in [0.25, 0.3) is 0 Å². The van der Waals surface area contributed by atoms with Crippen molar-refractivity contribution >= 4 is 17.9 Å². The third-order valence-electron chi connectivity index (χ3n) is 4.25. The molecule has 0 bridgehead atoms. The van der Waals surface area contributed by atoms with Gasteiger partial charge in [0, 0.05) is 11.4 Å². The van der Waals surface area contributed by atoms with Crippen LogP contribution in [0.4, 0.5) is 0 Å². The van der Waals surface area contributed by atoms with E-state index in [-0.39, 0.29) is 0 Å².